The van der Waals surface area contributed by atoms with Gasteiger partial charge in [0.1, 0.15) is 18.1 Å². The summed E-state index contributed by atoms with van der Waals surface area (Å²) in [6, 6.07) is 15.5. The molecule has 0 fully saturated rings. The minimum absolute atomic E-state index is 0.0914. The Kier molecular flexibility index (Phi) is 7.53. The Bertz CT molecular complexity index is 1350. The Morgan fingerprint density at radius 3 is 2.25 bits per heavy atom. The average Bonchev–Trinajstić information content (AvgIpc) is 3.32. The number of aromatic nitrogens is 2. The summed E-state index contributed by atoms with van der Waals surface area (Å²) in [7, 11) is 0. The second-order valence-electron chi connectivity index (χ2n) is 7.69. The molecular formula is C26H21F4N3O3. The minimum atomic E-state index is -1.50. The lowest BCUT2D eigenvalue weighted by molar-refractivity contribution is 0.102. The lowest BCUT2D eigenvalue weighted by Gasteiger charge is -2.09. The maximum absolute atomic E-state index is 13.9. The second-order valence-corrected chi connectivity index (χ2v) is 7.69. The van der Waals surface area contributed by atoms with Crippen LogP contribution in [0.25, 0.3) is 0 Å². The highest BCUT2D eigenvalue weighted by Crippen LogP contribution is 2.21. The number of hydrogen-bond acceptors (Lipinski definition) is 4. The van der Waals surface area contributed by atoms with Gasteiger partial charge in [0, 0.05) is 23.9 Å². The van der Waals surface area contributed by atoms with Crippen LogP contribution in [0.4, 0.5) is 23.4 Å². The number of anilines is 1. The molecule has 6 nitrogen and oxygen atoms in total. The number of nitrogens with one attached hydrogen (secondary N) is 1. The highest BCUT2D eigenvalue weighted by atomic mass is 19.2. The van der Waals surface area contributed by atoms with Crippen molar-refractivity contribution in [2.24, 2.45) is 0 Å². The van der Waals surface area contributed by atoms with E-state index in [1.54, 1.807) is 48.5 Å². The molecule has 0 saturated carbocycles. The Morgan fingerprint density at radius 2 is 1.58 bits per heavy atom. The summed E-state index contributed by atoms with van der Waals surface area (Å²) < 4.78 is 66.9. The van der Waals surface area contributed by atoms with E-state index in [-0.39, 0.29) is 18.5 Å². The van der Waals surface area contributed by atoms with Crippen molar-refractivity contribution in [3.05, 3.63) is 107 Å². The van der Waals surface area contributed by atoms with Crippen molar-refractivity contribution >= 4 is 11.7 Å². The maximum Gasteiger partial charge on any atom is 0.256 e. The molecule has 0 aliphatic rings. The molecule has 0 aliphatic carbocycles. The molecule has 0 saturated heterocycles. The van der Waals surface area contributed by atoms with Gasteiger partial charge in [-0.1, -0.05) is 12.1 Å². The van der Waals surface area contributed by atoms with Crippen LogP contribution in [0, 0.1) is 23.3 Å². The smallest absolute Gasteiger partial charge is 0.256 e. The van der Waals surface area contributed by atoms with E-state index in [4.69, 9.17) is 9.47 Å². The first-order chi connectivity index (χ1) is 17.3. The largest absolute Gasteiger partial charge is 0.494 e. The molecule has 0 unspecified atom stereocenters. The third-order valence-corrected chi connectivity index (χ3v) is 5.13. The van der Waals surface area contributed by atoms with Gasteiger partial charge in [0.15, 0.2) is 29.1 Å². The molecule has 1 N–H and O–H groups in total. The molecule has 0 bridgehead atoms. The topological polar surface area (TPSA) is 65.4 Å². The molecule has 0 atom stereocenters. The van der Waals surface area contributed by atoms with E-state index >= 15 is 0 Å². The Hall–Kier alpha value is -4.34. The molecule has 36 heavy (non-hydrogen) atoms. The van der Waals surface area contributed by atoms with Crippen molar-refractivity contribution in [1.82, 2.24) is 9.78 Å². The fourth-order valence-corrected chi connectivity index (χ4v) is 3.40. The minimum Gasteiger partial charge on any atom is -0.494 e. The number of halogens is 4. The highest BCUT2D eigenvalue weighted by molar-refractivity contribution is 6.03. The zero-order chi connectivity index (χ0) is 25.7. The average molecular weight is 499 g/mol. The van der Waals surface area contributed by atoms with E-state index in [1.165, 1.54) is 12.3 Å². The fraction of sp³-hybridized carbons (Fsp3) is 0.154. The quantitative estimate of drug-likeness (QED) is 0.236. The van der Waals surface area contributed by atoms with Crippen LogP contribution >= 0.6 is 0 Å². The summed E-state index contributed by atoms with van der Waals surface area (Å²) in [4.78, 5) is 12.7. The second kappa shape index (κ2) is 10.9. The maximum atomic E-state index is 13.9. The third-order valence-electron chi connectivity index (χ3n) is 5.13. The zero-order valence-corrected chi connectivity index (χ0v) is 19.1. The van der Waals surface area contributed by atoms with Crippen LogP contribution in [0.15, 0.2) is 66.9 Å². The number of carbonyl (C=O) groups is 1. The van der Waals surface area contributed by atoms with Crippen molar-refractivity contribution in [3.8, 4) is 11.5 Å². The lowest BCUT2D eigenvalue weighted by Crippen LogP contribution is -2.14. The highest BCUT2D eigenvalue weighted by Gasteiger charge is 2.20. The molecule has 4 rings (SSSR count). The first-order valence-electron chi connectivity index (χ1n) is 10.9. The monoisotopic (exact) mass is 499 g/mol. The number of ether oxygens (including phenoxy) is 2. The van der Waals surface area contributed by atoms with Crippen LogP contribution in [0.2, 0.25) is 0 Å². The van der Waals surface area contributed by atoms with Crippen molar-refractivity contribution in [3.63, 3.8) is 0 Å². The van der Waals surface area contributed by atoms with E-state index in [0.717, 1.165) is 16.0 Å². The summed E-state index contributed by atoms with van der Waals surface area (Å²) in [5, 5.41) is 6.58. The summed E-state index contributed by atoms with van der Waals surface area (Å²) >= 11 is 0. The number of benzene rings is 3. The standard InChI is InChI=1S/C26H21F4N3O3/c1-2-35-18-6-8-19(9-7-18)36-15-16-4-3-5-17(12-16)26(34)31-23-10-11-33(32-23)14-20-24(29)21(27)13-22(28)25(20)30/h3-13H,2,14-15H2,1H3,(H,31,32,34). The first kappa shape index (κ1) is 24.8. The molecule has 3 aromatic carbocycles. The predicted molar refractivity (Wildman–Crippen MR) is 124 cm³/mol. The van der Waals surface area contributed by atoms with Crippen LogP contribution < -0.4 is 14.8 Å². The van der Waals surface area contributed by atoms with E-state index in [9.17, 15) is 22.4 Å². The van der Waals surface area contributed by atoms with Gasteiger partial charge in [-0.2, -0.15) is 5.10 Å². The van der Waals surface area contributed by atoms with Crippen molar-refractivity contribution in [1.29, 1.82) is 0 Å². The fourth-order valence-electron chi connectivity index (χ4n) is 3.40. The van der Waals surface area contributed by atoms with Crippen molar-refractivity contribution < 1.29 is 31.8 Å². The summed E-state index contributed by atoms with van der Waals surface area (Å²) in [5.74, 6) is -5.01. The number of amides is 1. The first-order valence-corrected chi connectivity index (χ1v) is 10.9. The Balaban J connectivity index is 1.38. The molecule has 0 aliphatic heterocycles. The molecular weight excluding hydrogens is 478 g/mol. The number of carbonyl (C=O) groups excluding carboxylic acids is 1. The van der Waals surface area contributed by atoms with Gasteiger partial charge in [0.2, 0.25) is 0 Å². The number of rotatable bonds is 9. The summed E-state index contributed by atoms with van der Waals surface area (Å²) in [5.41, 5.74) is 0.275. The molecule has 1 aromatic heterocycles. The zero-order valence-electron chi connectivity index (χ0n) is 19.1. The third kappa shape index (κ3) is 5.83. The van der Waals surface area contributed by atoms with E-state index in [2.05, 4.69) is 10.4 Å². The lowest BCUT2D eigenvalue weighted by atomic mass is 10.1. The van der Waals surface area contributed by atoms with Crippen molar-refractivity contribution in [2.45, 2.75) is 20.1 Å². The summed E-state index contributed by atoms with van der Waals surface area (Å²) in [6.45, 7) is 2.13. The van der Waals surface area contributed by atoms with Crippen LogP contribution in [-0.4, -0.2) is 22.3 Å². The van der Waals surface area contributed by atoms with Crippen molar-refractivity contribution in [2.75, 3.05) is 11.9 Å². The van der Waals surface area contributed by atoms with E-state index in [1.807, 2.05) is 6.92 Å². The Labute approximate surface area is 204 Å². The van der Waals surface area contributed by atoms with Gasteiger partial charge in [-0.25, -0.2) is 17.6 Å². The van der Waals surface area contributed by atoms with Crippen LogP contribution in [0.1, 0.15) is 28.4 Å². The van der Waals surface area contributed by atoms with Gasteiger partial charge in [0.25, 0.3) is 5.91 Å². The van der Waals surface area contributed by atoms with Gasteiger partial charge >= 0.3 is 0 Å². The summed E-state index contributed by atoms with van der Waals surface area (Å²) in [6.07, 6.45) is 1.32. The molecule has 1 amide bonds. The molecule has 1 heterocycles. The van der Waals surface area contributed by atoms with E-state index in [0.29, 0.717) is 17.9 Å². The predicted octanol–water partition coefficient (Wildman–Crippen LogP) is 5.72. The van der Waals surface area contributed by atoms with Gasteiger partial charge in [-0.3, -0.25) is 9.48 Å². The van der Waals surface area contributed by atoms with E-state index < -0.39 is 41.3 Å². The number of nitrogens with zero attached hydrogens (tertiary/aromatic N) is 2. The van der Waals surface area contributed by atoms with Crippen LogP contribution in [0.3, 0.4) is 0 Å². The van der Waals surface area contributed by atoms with Gasteiger partial charge < -0.3 is 14.8 Å². The molecule has 10 heteroatoms. The van der Waals surface area contributed by atoms with Gasteiger partial charge in [-0.05, 0) is 48.9 Å². The normalized spacial score (nSPS) is 10.8. The molecule has 4 aromatic rings. The Morgan fingerprint density at radius 1 is 0.917 bits per heavy atom. The van der Waals surface area contributed by atoms with Gasteiger partial charge in [0.05, 0.1) is 18.7 Å². The SMILES string of the molecule is CCOc1ccc(OCc2cccc(C(=O)Nc3ccn(Cc4c(F)c(F)cc(F)c4F)n3)c2)cc1. The molecule has 0 spiro atoms. The van der Waals surface area contributed by atoms with Gasteiger partial charge in [-0.15, -0.1) is 0 Å². The van der Waals surface area contributed by atoms with Crippen LogP contribution in [0.5, 0.6) is 11.5 Å². The molecule has 0 radical (unpaired) electrons. The molecule has 186 valence electrons. The van der Waals surface area contributed by atoms with Crippen LogP contribution in [-0.2, 0) is 13.2 Å². The number of hydrogen-bond donors (Lipinski definition) is 1.